The predicted molar refractivity (Wildman–Crippen MR) is 271 cm³/mol. The Bertz CT molecular complexity index is 3120. The Morgan fingerprint density at radius 3 is 1.66 bits per heavy atom. The molecule has 2 saturated carbocycles. The van der Waals surface area contributed by atoms with Gasteiger partial charge in [0.2, 0.25) is 0 Å². The minimum absolute atomic E-state index is 0.244. The molecule has 0 bridgehead atoms. The Hall–Kier alpha value is -5.68. The smallest absolute Gasteiger partial charge is 0.399 e. The topological polar surface area (TPSA) is 220 Å². The summed E-state index contributed by atoms with van der Waals surface area (Å²) in [5.41, 5.74) is 7.66. The molecule has 2 aliphatic carbocycles. The molecule has 5 heterocycles. The van der Waals surface area contributed by atoms with Crippen molar-refractivity contribution in [3.8, 4) is 35.2 Å². The Balaban J connectivity index is 0.000000154. The van der Waals surface area contributed by atoms with Gasteiger partial charge < -0.3 is 19.9 Å². The van der Waals surface area contributed by atoms with Gasteiger partial charge in [0.25, 0.3) is 0 Å². The maximum atomic E-state index is 11.6. The van der Waals surface area contributed by atoms with Crippen LogP contribution < -0.4 is 16.1 Å². The first-order chi connectivity index (χ1) is 31.9. The van der Waals surface area contributed by atoms with Crippen LogP contribution in [0.4, 0.5) is 23.3 Å². The average molecular weight is 1040 g/mol. The first-order valence-corrected chi connectivity index (χ1v) is 30.0. The molecule has 68 heavy (non-hydrogen) atoms. The van der Waals surface area contributed by atoms with E-state index in [0.29, 0.717) is 55.9 Å². The molecular weight excluding hydrogens is 984 g/mol. The van der Waals surface area contributed by atoms with Crippen LogP contribution >= 0.6 is 15.9 Å². The van der Waals surface area contributed by atoms with Crippen molar-refractivity contribution in [1.29, 1.82) is 0 Å². The van der Waals surface area contributed by atoms with Crippen molar-refractivity contribution in [2.45, 2.75) is 106 Å². The van der Waals surface area contributed by atoms with E-state index in [1.165, 1.54) is 56.0 Å². The SMILES string of the molecule is C#Cc1cnc(-c2ccc(S(C)(=O)=O)cc2)nc1Nc1cc(C2CC2)[nH]n1.CC1(C)OB(c2ccc(S(C)(=O)=O)cc2)OC1(C)C.C[Si](C)(C)C#Cc1cnc(Br)nc1Nc1cc(C2CC2)[nH]n1. The lowest BCUT2D eigenvalue weighted by atomic mass is 9.79. The normalized spacial score (nSPS) is 16.2. The first kappa shape index (κ1) is 50.2. The van der Waals surface area contributed by atoms with E-state index in [1.54, 1.807) is 48.8 Å². The van der Waals surface area contributed by atoms with Gasteiger partial charge in [0.05, 0.1) is 32.1 Å². The van der Waals surface area contributed by atoms with E-state index in [1.807, 2.05) is 39.8 Å². The molecule has 1 aliphatic heterocycles. The van der Waals surface area contributed by atoms with E-state index >= 15 is 0 Å². The van der Waals surface area contributed by atoms with Crippen LogP contribution in [0.3, 0.4) is 0 Å². The van der Waals surface area contributed by atoms with Gasteiger partial charge in [0, 0.05) is 65.8 Å². The maximum Gasteiger partial charge on any atom is 0.494 e. The summed E-state index contributed by atoms with van der Waals surface area (Å²) in [6, 6.07) is 17.0. The van der Waals surface area contributed by atoms with Crippen molar-refractivity contribution >= 4 is 79.5 Å². The van der Waals surface area contributed by atoms with Crippen LogP contribution in [-0.2, 0) is 29.0 Å². The van der Waals surface area contributed by atoms with Crippen molar-refractivity contribution in [1.82, 2.24) is 40.3 Å². The lowest BCUT2D eigenvalue weighted by Gasteiger charge is -2.32. The second-order valence-electron chi connectivity index (χ2n) is 18.9. The summed E-state index contributed by atoms with van der Waals surface area (Å²) in [6.45, 7) is 14.6. The number of nitrogens with one attached hydrogen (secondary N) is 4. The third kappa shape index (κ3) is 13.1. The zero-order valence-electron chi connectivity index (χ0n) is 39.4. The molecule has 2 aromatic carbocycles. The van der Waals surface area contributed by atoms with Crippen molar-refractivity contribution in [3.63, 3.8) is 0 Å². The molecule has 0 unspecified atom stereocenters. The zero-order valence-corrected chi connectivity index (χ0v) is 43.6. The molecule has 0 radical (unpaired) electrons. The lowest BCUT2D eigenvalue weighted by molar-refractivity contribution is 0.00578. The lowest BCUT2D eigenvalue weighted by Crippen LogP contribution is -2.41. The van der Waals surface area contributed by atoms with E-state index in [2.05, 4.69) is 104 Å². The second kappa shape index (κ2) is 19.7. The van der Waals surface area contributed by atoms with Crippen molar-refractivity contribution < 1.29 is 26.1 Å². The van der Waals surface area contributed by atoms with Crippen molar-refractivity contribution in [2.24, 2.45) is 0 Å². The number of aromatic amines is 2. The molecule has 4 N–H and O–H groups in total. The van der Waals surface area contributed by atoms with Gasteiger partial charge in [-0.1, -0.05) is 43.6 Å². The largest absolute Gasteiger partial charge is 0.494 e. The number of rotatable bonds is 10. The van der Waals surface area contributed by atoms with Gasteiger partial charge in [-0.25, -0.2) is 36.8 Å². The number of hydrogen-bond donors (Lipinski definition) is 4. The molecule has 0 atom stereocenters. The van der Waals surface area contributed by atoms with Crippen LogP contribution in [-0.4, -0.2) is 96.1 Å². The number of hydrogen-bond acceptors (Lipinski definition) is 14. The summed E-state index contributed by atoms with van der Waals surface area (Å²) in [6.07, 6.45) is 16.1. The molecule has 6 aromatic rings. The summed E-state index contributed by atoms with van der Waals surface area (Å²) >= 11 is 3.31. The van der Waals surface area contributed by atoms with E-state index in [-0.39, 0.29) is 4.90 Å². The van der Waals surface area contributed by atoms with Crippen LogP contribution in [0, 0.1) is 23.8 Å². The van der Waals surface area contributed by atoms with Gasteiger partial charge in [0.15, 0.2) is 53.5 Å². The second-order valence-corrected chi connectivity index (χ2v) is 28.4. The molecular formula is C47H54BBrN10O6S2Si. The average Bonchev–Trinajstić information content (AvgIpc) is 4.19. The van der Waals surface area contributed by atoms with Crippen LogP contribution in [0.15, 0.2) is 87.6 Å². The third-order valence-electron chi connectivity index (χ3n) is 11.4. The van der Waals surface area contributed by atoms with Gasteiger partial charge in [-0.3, -0.25) is 10.2 Å². The summed E-state index contributed by atoms with van der Waals surface area (Å²) in [4.78, 5) is 17.9. The monoisotopic (exact) mass is 1040 g/mol. The number of anilines is 4. The summed E-state index contributed by atoms with van der Waals surface area (Å²) in [7, 11) is -8.33. The maximum absolute atomic E-state index is 11.6. The number of nitrogens with zero attached hydrogens (tertiary/aromatic N) is 6. The predicted octanol–water partition coefficient (Wildman–Crippen LogP) is 8.07. The summed E-state index contributed by atoms with van der Waals surface area (Å²) in [5, 5.41) is 21.1. The van der Waals surface area contributed by atoms with E-state index in [0.717, 1.165) is 22.5 Å². The Labute approximate surface area is 408 Å². The van der Waals surface area contributed by atoms with Gasteiger partial charge in [-0.2, -0.15) is 10.2 Å². The zero-order chi connectivity index (χ0) is 49.2. The van der Waals surface area contributed by atoms with Crippen LogP contribution in [0.2, 0.25) is 19.6 Å². The molecule has 354 valence electrons. The Morgan fingerprint density at radius 2 is 1.21 bits per heavy atom. The number of terminal acetylenes is 1. The van der Waals surface area contributed by atoms with Crippen LogP contribution in [0.25, 0.3) is 11.4 Å². The number of aromatic nitrogens is 8. The standard InChI is InChI=1S/C19H17N5O2S.C15H18BrN5Si.C13H19BO4S/c1-3-12-11-20-18(14-6-8-15(9-7-14)27(2,25)26)22-19(12)21-17-10-16(23-24-17)13-4-5-13;1-22(2,3)7-6-11-9-17-15(16)19-14(11)18-13-8-12(20-21-13)10-4-5-10;1-12(2)13(3,4)18-14(17-12)10-6-8-11(9-7-10)19(5,15)16/h1,6-11,13H,4-5H2,2H3,(H2,20,21,22,23,24);8-10H,4-5H2,1-3H3,(H2,17,18,19,20,21);6-9H,1-5H3. The van der Waals surface area contributed by atoms with E-state index in [4.69, 9.17) is 15.7 Å². The fourth-order valence-electron chi connectivity index (χ4n) is 6.48. The number of halogens is 1. The molecule has 9 rings (SSSR count). The molecule has 4 aromatic heterocycles. The van der Waals surface area contributed by atoms with Gasteiger partial charge in [-0.15, -0.1) is 12.0 Å². The first-order valence-electron chi connectivity index (χ1n) is 21.9. The highest BCUT2D eigenvalue weighted by Gasteiger charge is 2.51. The Morgan fingerprint density at radius 1 is 0.735 bits per heavy atom. The molecule has 3 fully saturated rings. The highest BCUT2D eigenvalue weighted by Crippen LogP contribution is 2.41. The third-order valence-corrected chi connectivity index (χ3v) is 14.9. The highest BCUT2D eigenvalue weighted by molar-refractivity contribution is 9.10. The number of sulfone groups is 2. The fraction of sp³-hybridized carbons (Fsp3) is 0.362. The summed E-state index contributed by atoms with van der Waals surface area (Å²) in [5.74, 6) is 9.99. The van der Waals surface area contributed by atoms with Crippen molar-refractivity contribution in [2.75, 3.05) is 23.1 Å². The van der Waals surface area contributed by atoms with Crippen molar-refractivity contribution in [3.05, 3.63) is 100 Å². The van der Waals surface area contributed by atoms with Crippen LogP contribution in [0.5, 0.6) is 0 Å². The van der Waals surface area contributed by atoms with Crippen LogP contribution in [0.1, 0.15) is 87.7 Å². The molecule has 0 spiro atoms. The number of H-pyrrole nitrogens is 2. The number of benzene rings is 2. The molecule has 21 heteroatoms. The van der Waals surface area contributed by atoms with Gasteiger partial charge in [0.1, 0.15) is 8.07 Å². The van der Waals surface area contributed by atoms with E-state index in [9.17, 15) is 16.8 Å². The molecule has 0 amide bonds. The van der Waals surface area contributed by atoms with Gasteiger partial charge in [-0.05, 0) is 111 Å². The van der Waals surface area contributed by atoms with Gasteiger partial charge >= 0.3 is 7.12 Å². The molecule has 16 nitrogen and oxygen atoms in total. The highest BCUT2D eigenvalue weighted by atomic mass is 79.9. The molecule has 1 saturated heterocycles. The minimum Gasteiger partial charge on any atom is -0.399 e. The van der Waals surface area contributed by atoms with E-state index < -0.39 is 46.1 Å². The quantitative estimate of drug-likeness (QED) is 0.0579. The minimum atomic E-state index is -3.25. The summed E-state index contributed by atoms with van der Waals surface area (Å²) < 4.78 is 58.4. The fourth-order valence-corrected chi connectivity index (χ4v) is 8.53. The molecule has 3 aliphatic rings. The Kier molecular flexibility index (Phi) is 14.6.